The third-order valence-corrected chi connectivity index (χ3v) is 3.68. The molecular formula is C13H18N2O7S. The minimum absolute atomic E-state index is 0.0594. The molecule has 0 bridgehead atoms. The molecule has 0 aliphatic carbocycles. The van der Waals surface area contributed by atoms with Crippen LogP contribution in [0.15, 0.2) is 18.2 Å². The molecule has 0 atom stereocenters. The first kappa shape index (κ1) is 18.8. The number of hydrogen-bond acceptors (Lipinski definition) is 8. The number of rotatable bonds is 9. The fourth-order valence-electron chi connectivity index (χ4n) is 1.65. The highest BCUT2D eigenvalue weighted by Crippen LogP contribution is 2.25. The second kappa shape index (κ2) is 8.44. The van der Waals surface area contributed by atoms with Crippen LogP contribution in [0.5, 0.6) is 0 Å². The van der Waals surface area contributed by atoms with Crippen molar-refractivity contribution in [1.29, 1.82) is 0 Å². The van der Waals surface area contributed by atoms with E-state index in [1.54, 1.807) is 0 Å². The van der Waals surface area contributed by atoms with Gasteiger partial charge in [-0.05, 0) is 12.1 Å². The van der Waals surface area contributed by atoms with Gasteiger partial charge in [0.05, 0.1) is 36.6 Å². The maximum Gasteiger partial charge on any atom is 0.338 e. The van der Waals surface area contributed by atoms with E-state index in [1.165, 1.54) is 19.2 Å². The number of esters is 1. The number of carbonyl (C=O) groups is 1. The van der Waals surface area contributed by atoms with Crippen LogP contribution in [-0.4, -0.2) is 58.2 Å². The third kappa shape index (κ3) is 6.61. The van der Waals surface area contributed by atoms with Crippen LogP contribution in [0.25, 0.3) is 0 Å². The first-order valence-corrected chi connectivity index (χ1v) is 8.66. The van der Waals surface area contributed by atoms with Crippen molar-refractivity contribution in [2.45, 2.75) is 0 Å². The minimum atomic E-state index is -3.08. The minimum Gasteiger partial charge on any atom is -0.465 e. The van der Waals surface area contributed by atoms with E-state index in [-0.39, 0.29) is 42.4 Å². The van der Waals surface area contributed by atoms with E-state index in [0.29, 0.717) is 0 Å². The number of methoxy groups -OCH3 is 1. The Balaban J connectivity index is 2.59. The largest absolute Gasteiger partial charge is 0.465 e. The fourth-order valence-corrected chi connectivity index (χ4v) is 2.07. The number of nitrogens with zero attached hydrogens (tertiary/aromatic N) is 1. The highest BCUT2D eigenvalue weighted by atomic mass is 32.2. The quantitative estimate of drug-likeness (QED) is 0.302. The number of nitro groups is 1. The summed E-state index contributed by atoms with van der Waals surface area (Å²) in [6, 6.07) is 3.94. The SMILES string of the molecule is COC(=O)c1ccc(NCCOCCS(C)(=O)=O)c([N+](=O)[O-])c1. The summed E-state index contributed by atoms with van der Waals surface area (Å²) in [6.07, 6.45) is 1.11. The van der Waals surface area contributed by atoms with E-state index in [9.17, 15) is 23.3 Å². The number of anilines is 1. The molecule has 23 heavy (non-hydrogen) atoms. The first-order chi connectivity index (χ1) is 10.7. The summed E-state index contributed by atoms with van der Waals surface area (Å²) in [5, 5.41) is 13.9. The van der Waals surface area contributed by atoms with Gasteiger partial charge in [-0.15, -0.1) is 0 Å². The van der Waals surface area contributed by atoms with Crippen molar-refractivity contribution in [1.82, 2.24) is 0 Å². The molecule has 0 radical (unpaired) electrons. The average Bonchev–Trinajstić information content (AvgIpc) is 2.48. The third-order valence-electron chi connectivity index (χ3n) is 2.78. The molecule has 1 aromatic rings. The van der Waals surface area contributed by atoms with Gasteiger partial charge in [0.2, 0.25) is 0 Å². The van der Waals surface area contributed by atoms with E-state index in [4.69, 9.17) is 4.74 Å². The van der Waals surface area contributed by atoms with E-state index >= 15 is 0 Å². The molecule has 128 valence electrons. The summed E-state index contributed by atoms with van der Waals surface area (Å²) in [7, 11) is -1.89. The molecular weight excluding hydrogens is 328 g/mol. The summed E-state index contributed by atoms with van der Waals surface area (Å²) >= 11 is 0. The summed E-state index contributed by atoms with van der Waals surface area (Å²) in [6.45, 7) is 0.498. The van der Waals surface area contributed by atoms with Crippen molar-refractivity contribution < 1.29 is 27.6 Å². The lowest BCUT2D eigenvalue weighted by atomic mass is 10.1. The summed E-state index contributed by atoms with van der Waals surface area (Å²) < 4.78 is 31.5. The molecule has 0 heterocycles. The monoisotopic (exact) mass is 346 g/mol. The molecule has 1 aromatic carbocycles. The molecule has 0 spiro atoms. The van der Waals surface area contributed by atoms with Crippen LogP contribution >= 0.6 is 0 Å². The Morgan fingerprint density at radius 1 is 1.35 bits per heavy atom. The molecule has 1 N–H and O–H groups in total. The molecule has 0 fully saturated rings. The lowest BCUT2D eigenvalue weighted by molar-refractivity contribution is -0.384. The highest BCUT2D eigenvalue weighted by molar-refractivity contribution is 7.90. The molecule has 9 nitrogen and oxygen atoms in total. The van der Waals surface area contributed by atoms with Crippen LogP contribution in [0.3, 0.4) is 0 Å². The maximum atomic E-state index is 11.4. The molecule has 0 aliphatic heterocycles. The zero-order chi connectivity index (χ0) is 17.5. The topological polar surface area (TPSA) is 125 Å². The van der Waals surface area contributed by atoms with Gasteiger partial charge >= 0.3 is 5.97 Å². The Hall–Kier alpha value is -2.20. The van der Waals surface area contributed by atoms with Crippen molar-refractivity contribution in [3.8, 4) is 0 Å². The van der Waals surface area contributed by atoms with Crippen LogP contribution in [0.2, 0.25) is 0 Å². The van der Waals surface area contributed by atoms with Gasteiger partial charge in [0.15, 0.2) is 0 Å². The summed E-state index contributed by atoms with van der Waals surface area (Å²) in [5.41, 5.74) is 0.0487. The van der Waals surface area contributed by atoms with E-state index < -0.39 is 20.7 Å². The van der Waals surface area contributed by atoms with Gasteiger partial charge in [-0.25, -0.2) is 13.2 Å². The van der Waals surface area contributed by atoms with Crippen molar-refractivity contribution in [3.63, 3.8) is 0 Å². The van der Waals surface area contributed by atoms with Crippen LogP contribution in [0, 0.1) is 10.1 Å². The molecule has 0 unspecified atom stereocenters. The standard InChI is InChI=1S/C13H18N2O7S/c1-21-13(16)10-3-4-11(12(9-10)15(17)18)14-5-6-22-7-8-23(2,19)20/h3-4,9,14H,5-8H2,1-2H3. The lowest BCUT2D eigenvalue weighted by Gasteiger charge is -2.08. The average molecular weight is 346 g/mol. The Labute approximate surface area is 133 Å². The van der Waals surface area contributed by atoms with Gasteiger partial charge in [-0.2, -0.15) is 0 Å². The van der Waals surface area contributed by atoms with Crippen molar-refractivity contribution in [3.05, 3.63) is 33.9 Å². The number of nitro benzene ring substituents is 1. The van der Waals surface area contributed by atoms with Gasteiger partial charge < -0.3 is 14.8 Å². The first-order valence-electron chi connectivity index (χ1n) is 6.60. The van der Waals surface area contributed by atoms with Gasteiger partial charge in [0.25, 0.3) is 5.69 Å². The van der Waals surface area contributed by atoms with Gasteiger partial charge in [0.1, 0.15) is 15.5 Å². The predicted molar refractivity (Wildman–Crippen MR) is 83.5 cm³/mol. The zero-order valence-electron chi connectivity index (χ0n) is 12.8. The van der Waals surface area contributed by atoms with Crippen molar-refractivity contribution in [2.75, 3.05) is 44.2 Å². The Kier molecular flexibility index (Phi) is 6.91. The molecule has 0 saturated carbocycles. The second-order valence-corrected chi connectivity index (χ2v) is 6.91. The lowest BCUT2D eigenvalue weighted by Crippen LogP contribution is -2.15. The van der Waals surface area contributed by atoms with E-state index in [2.05, 4.69) is 10.1 Å². The molecule has 0 aliphatic rings. The smallest absolute Gasteiger partial charge is 0.338 e. The van der Waals surface area contributed by atoms with Crippen LogP contribution in [0.1, 0.15) is 10.4 Å². The molecule has 10 heteroatoms. The Bertz CT molecular complexity index is 673. The predicted octanol–water partition coefficient (Wildman–Crippen LogP) is 0.855. The maximum absolute atomic E-state index is 11.4. The number of nitrogens with one attached hydrogen (secondary N) is 1. The van der Waals surface area contributed by atoms with E-state index in [0.717, 1.165) is 12.3 Å². The fraction of sp³-hybridized carbons (Fsp3) is 0.462. The van der Waals surface area contributed by atoms with Crippen LogP contribution in [-0.2, 0) is 19.3 Å². The Morgan fingerprint density at radius 2 is 2.04 bits per heavy atom. The second-order valence-electron chi connectivity index (χ2n) is 4.65. The van der Waals surface area contributed by atoms with Gasteiger partial charge in [0, 0.05) is 18.9 Å². The summed E-state index contributed by atoms with van der Waals surface area (Å²) in [4.78, 5) is 21.8. The molecule has 0 aromatic heterocycles. The number of hydrogen-bond donors (Lipinski definition) is 1. The summed E-state index contributed by atoms with van der Waals surface area (Å²) in [5.74, 6) is -0.746. The number of benzene rings is 1. The molecule has 1 rings (SSSR count). The van der Waals surface area contributed by atoms with Gasteiger partial charge in [-0.1, -0.05) is 0 Å². The number of ether oxygens (including phenoxy) is 2. The number of carbonyl (C=O) groups excluding carboxylic acids is 1. The normalized spacial score (nSPS) is 11.0. The van der Waals surface area contributed by atoms with Crippen LogP contribution < -0.4 is 5.32 Å². The molecule has 0 saturated heterocycles. The van der Waals surface area contributed by atoms with Crippen molar-refractivity contribution >= 4 is 27.2 Å². The van der Waals surface area contributed by atoms with Gasteiger partial charge in [-0.3, -0.25) is 10.1 Å². The molecule has 0 amide bonds. The van der Waals surface area contributed by atoms with Crippen LogP contribution in [0.4, 0.5) is 11.4 Å². The highest BCUT2D eigenvalue weighted by Gasteiger charge is 2.17. The number of sulfone groups is 1. The van der Waals surface area contributed by atoms with Crippen molar-refractivity contribution in [2.24, 2.45) is 0 Å². The zero-order valence-corrected chi connectivity index (χ0v) is 13.6. The Morgan fingerprint density at radius 3 is 2.61 bits per heavy atom. The van der Waals surface area contributed by atoms with E-state index in [1.807, 2.05) is 0 Å².